The van der Waals surface area contributed by atoms with Gasteiger partial charge in [0, 0.05) is 12.1 Å². The van der Waals surface area contributed by atoms with Crippen LogP contribution in [0.15, 0.2) is 48.5 Å². The largest absolute Gasteiger partial charge is 0.339 e. The van der Waals surface area contributed by atoms with E-state index in [2.05, 4.69) is 24.4 Å². The average molecular weight is 327 g/mol. The number of nitrogens with two attached hydrogens (primary N) is 1. The lowest BCUT2D eigenvalue weighted by Crippen LogP contribution is -2.50. The van der Waals surface area contributed by atoms with Crippen LogP contribution >= 0.6 is 0 Å². The molecule has 0 heterocycles. The molecule has 0 fully saturated rings. The molecule has 0 saturated heterocycles. The summed E-state index contributed by atoms with van der Waals surface area (Å²) in [5.74, 6) is -1.18. The molecule has 6 heteroatoms. The lowest BCUT2D eigenvalue weighted by Gasteiger charge is -2.14. The van der Waals surface area contributed by atoms with Gasteiger partial charge in [-0.3, -0.25) is 14.8 Å². The van der Waals surface area contributed by atoms with Crippen molar-refractivity contribution in [3.63, 3.8) is 0 Å². The van der Waals surface area contributed by atoms with Crippen LogP contribution in [0.4, 0.5) is 0 Å². The molecule has 126 valence electrons. The van der Waals surface area contributed by atoms with Crippen molar-refractivity contribution < 1.29 is 14.8 Å². The van der Waals surface area contributed by atoms with Crippen LogP contribution in [0.25, 0.3) is 11.1 Å². The molecule has 5 N–H and O–H groups in total. The minimum Gasteiger partial charge on any atom is -0.339 e. The second-order valence-corrected chi connectivity index (χ2v) is 5.37. The molecule has 24 heavy (non-hydrogen) atoms. The Morgan fingerprint density at radius 2 is 1.58 bits per heavy atom. The topological polar surface area (TPSA) is 104 Å². The van der Waals surface area contributed by atoms with E-state index in [-0.39, 0.29) is 6.54 Å². The monoisotopic (exact) mass is 327 g/mol. The first-order valence-corrected chi connectivity index (χ1v) is 7.73. The summed E-state index contributed by atoms with van der Waals surface area (Å²) in [5.41, 5.74) is 10.6. The summed E-state index contributed by atoms with van der Waals surface area (Å²) < 4.78 is 0. The molecule has 2 aromatic carbocycles. The van der Waals surface area contributed by atoms with Crippen molar-refractivity contribution in [1.29, 1.82) is 0 Å². The van der Waals surface area contributed by atoms with E-state index in [1.807, 2.05) is 24.3 Å². The molecule has 0 aliphatic rings. The fourth-order valence-electron chi connectivity index (χ4n) is 2.30. The molecule has 2 aromatic rings. The highest BCUT2D eigenvalue weighted by Gasteiger charge is 2.19. The van der Waals surface area contributed by atoms with Gasteiger partial charge < -0.3 is 11.1 Å². The average Bonchev–Trinajstić information content (AvgIpc) is 2.65. The predicted molar refractivity (Wildman–Crippen MR) is 91.5 cm³/mol. The fraction of sp³-hybridized carbons (Fsp3) is 0.222. The second-order valence-electron chi connectivity index (χ2n) is 5.37. The van der Waals surface area contributed by atoms with E-state index in [1.165, 1.54) is 11.0 Å². The lowest BCUT2D eigenvalue weighted by atomic mass is 10.0. The van der Waals surface area contributed by atoms with E-state index < -0.39 is 17.9 Å². The van der Waals surface area contributed by atoms with Crippen molar-refractivity contribution in [1.82, 2.24) is 10.8 Å². The Bertz CT molecular complexity index is 696. The maximum absolute atomic E-state index is 12.1. The van der Waals surface area contributed by atoms with Crippen molar-refractivity contribution in [3.05, 3.63) is 59.7 Å². The third-order valence-electron chi connectivity index (χ3n) is 3.81. The Labute approximate surface area is 140 Å². The molecule has 6 nitrogen and oxygen atoms in total. The number of amides is 2. The molecule has 0 aromatic heterocycles. The summed E-state index contributed by atoms with van der Waals surface area (Å²) in [4.78, 5) is 23.5. The van der Waals surface area contributed by atoms with Crippen LogP contribution in [0.2, 0.25) is 0 Å². The summed E-state index contributed by atoms with van der Waals surface area (Å²) in [6.07, 6.45) is 0.989. The highest BCUT2D eigenvalue weighted by atomic mass is 16.5. The van der Waals surface area contributed by atoms with Crippen molar-refractivity contribution in [2.45, 2.75) is 19.4 Å². The first kappa shape index (κ1) is 17.7. The zero-order valence-corrected chi connectivity index (χ0v) is 13.5. The summed E-state index contributed by atoms with van der Waals surface area (Å²) in [5, 5.41) is 11.1. The Morgan fingerprint density at radius 3 is 2.04 bits per heavy atom. The van der Waals surface area contributed by atoms with E-state index in [0.717, 1.165) is 17.5 Å². The number of benzene rings is 2. The van der Waals surface area contributed by atoms with Crippen molar-refractivity contribution in [3.8, 4) is 11.1 Å². The highest BCUT2D eigenvalue weighted by Crippen LogP contribution is 2.20. The van der Waals surface area contributed by atoms with Gasteiger partial charge in [-0.05, 0) is 35.2 Å². The van der Waals surface area contributed by atoms with Crippen molar-refractivity contribution >= 4 is 11.8 Å². The predicted octanol–water partition coefficient (Wildman–Crippen LogP) is 1.48. The molecule has 0 aliphatic heterocycles. The molecular weight excluding hydrogens is 306 g/mol. The van der Waals surface area contributed by atoms with E-state index in [9.17, 15) is 9.59 Å². The van der Waals surface area contributed by atoms with E-state index >= 15 is 0 Å². The molecule has 2 rings (SSSR count). The number of aryl methyl sites for hydroxylation is 1. The van der Waals surface area contributed by atoms with Gasteiger partial charge in [-0.1, -0.05) is 43.3 Å². The van der Waals surface area contributed by atoms with Crippen LogP contribution in [-0.2, 0) is 11.2 Å². The minimum absolute atomic E-state index is 0.111. The maximum Gasteiger partial charge on any atom is 0.267 e. The zero-order chi connectivity index (χ0) is 17.5. The van der Waals surface area contributed by atoms with Gasteiger partial charge in [0.05, 0.1) is 0 Å². The number of hydrogen-bond donors (Lipinski definition) is 4. The number of hydrogen-bond acceptors (Lipinski definition) is 4. The smallest absolute Gasteiger partial charge is 0.267 e. The van der Waals surface area contributed by atoms with Crippen LogP contribution in [0.5, 0.6) is 0 Å². The normalized spacial score (nSPS) is 11.6. The van der Waals surface area contributed by atoms with Gasteiger partial charge in [-0.15, -0.1) is 0 Å². The molecular formula is C18H21N3O3. The van der Waals surface area contributed by atoms with E-state index in [1.54, 1.807) is 12.1 Å². The first-order valence-electron chi connectivity index (χ1n) is 7.73. The number of rotatable bonds is 6. The SMILES string of the molecule is CCc1ccc(-c2ccc(C(=O)N[C@@H](CN)C(=O)NO)cc2)cc1. The van der Waals surface area contributed by atoms with Gasteiger partial charge in [0.15, 0.2) is 0 Å². The summed E-state index contributed by atoms with van der Waals surface area (Å²) in [6, 6.07) is 14.3. The fourth-order valence-corrected chi connectivity index (χ4v) is 2.30. The molecule has 0 radical (unpaired) electrons. The number of hydroxylamine groups is 1. The maximum atomic E-state index is 12.1. The Morgan fingerprint density at radius 1 is 1.04 bits per heavy atom. The van der Waals surface area contributed by atoms with Gasteiger partial charge in [0.1, 0.15) is 6.04 Å². The van der Waals surface area contributed by atoms with E-state index in [0.29, 0.717) is 5.56 Å². The zero-order valence-electron chi connectivity index (χ0n) is 13.5. The van der Waals surface area contributed by atoms with Crippen LogP contribution in [0.3, 0.4) is 0 Å². The third-order valence-corrected chi connectivity index (χ3v) is 3.81. The molecule has 0 spiro atoms. The Balaban J connectivity index is 2.10. The van der Waals surface area contributed by atoms with Crippen LogP contribution in [0.1, 0.15) is 22.8 Å². The summed E-state index contributed by atoms with van der Waals surface area (Å²) in [6.45, 7) is 1.99. The van der Waals surface area contributed by atoms with Crippen molar-refractivity contribution in [2.24, 2.45) is 5.73 Å². The summed E-state index contributed by atoms with van der Waals surface area (Å²) >= 11 is 0. The molecule has 0 bridgehead atoms. The van der Waals surface area contributed by atoms with Gasteiger partial charge >= 0.3 is 0 Å². The minimum atomic E-state index is -0.983. The molecule has 0 saturated carbocycles. The van der Waals surface area contributed by atoms with Gasteiger partial charge in [0.25, 0.3) is 11.8 Å². The number of carbonyl (C=O) groups is 2. The third kappa shape index (κ3) is 4.18. The van der Waals surface area contributed by atoms with E-state index in [4.69, 9.17) is 10.9 Å². The summed E-state index contributed by atoms with van der Waals surface area (Å²) in [7, 11) is 0. The van der Waals surface area contributed by atoms with Gasteiger partial charge in [-0.2, -0.15) is 0 Å². The number of carbonyl (C=O) groups excluding carboxylic acids is 2. The van der Waals surface area contributed by atoms with Gasteiger partial charge in [-0.25, -0.2) is 5.48 Å². The van der Waals surface area contributed by atoms with Gasteiger partial charge in [0.2, 0.25) is 0 Å². The molecule has 2 amide bonds. The van der Waals surface area contributed by atoms with Crippen LogP contribution in [-0.4, -0.2) is 29.6 Å². The quantitative estimate of drug-likeness (QED) is 0.476. The number of nitrogens with one attached hydrogen (secondary N) is 2. The first-order chi connectivity index (χ1) is 11.6. The Hall–Kier alpha value is -2.70. The second kappa shape index (κ2) is 8.24. The standard InChI is InChI=1S/C18H21N3O3/c1-2-12-3-5-13(6-4-12)14-7-9-15(10-8-14)17(22)20-16(11-19)18(23)21-24/h3-10,16,24H,2,11,19H2,1H3,(H,20,22)(H,21,23)/t16-/m0/s1. The Kier molecular flexibility index (Phi) is 6.06. The molecule has 0 aliphatic carbocycles. The molecule has 1 atom stereocenters. The van der Waals surface area contributed by atoms with Crippen molar-refractivity contribution in [2.75, 3.05) is 6.54 Å². The lowest BCUT2D eigenvalue weighted by molar-refractivity contribution is -0.130. The molecule has 0 unspecified atom stereocenters. The van der Waals surface area contributed by atoms with Crippen LogP contribution in [0, 0.1) is 0 Å². The highest BCUT2D eigenvalue weighted by molar-refractivity contribution is 5.97. The van der Waals surface area contributed by atoms with Crippen LogP contribution < -0.4 is 16.5 Å².